The maximum Gasteiger partial charge on any atom is 0.389 e. The van der Waals surface area contributed by atoms with Crippen molar-refractivity contribution in [3.05, 3.63) is 32.4 Å². The van der Waals surface area contributed by atoms with E-state index < -0.39 is 12.6 Å². The topological polar surface area (TPSA) is 12.0 Å². The molecule has 0 aromatic heterocycles. The molecule has 0 fully saturated rings. The molecule has 96 valence electrons. The number of halogens is 5. The van der Waals surface area contributed by atoms with Gasteiger partial charge in [0.15, 0.2) is 0 Å². The number of nitrogens with one attached hydrogen (secondary N) is 1. The number of rotatable bonds is 4. The Morgan fingerprint density at radius 1 is 1.41 bits per heavy atom. The molecule has 0 aliphatic carbocycles. The second kappa shape index (κ2) is 6.24. The van der Waals surface area contributed by atoms with Gasteiger partial charge >= 0.3 is 6.18 Å². The number of hydrogen-bond acceptors (Lipinski definition) is 1. The number of alkyl halides is 3. The predicted molar refractivity (Wildman–Crippen MR) is 71.3 cm³/mol. The summed E-state index contributed by atoms with van der Waals surface area (Å²) in [5, 5.41) is 3.43. The van der Waals surface area contributed by atoms with Gasteiger partial charge in [-0.25, -0.2) is 0 Å². The molecule has 0 saturated heterocycles. The van der Waals surface area contributed by atoms with Crippen molar-refractivity contribution < 1.29 is 13.2 Å². The van der Waals surface area contributed by atoms with E-state index in [-0.39, 0.29) is 12.5 Å². The van der Waals surface area contributed by atoms with Crippen LogP contribution in [0.15, 0.2) is 18.2 Å². The zero-order valence-electron chi connectivity index (χ0n) is 9.11. The first kappa shape index (κ1) is 15.0. The highest BCUT2D eigenvalue weighted by atomic mass is 127. The summed E-state index contributed by atoms with van der Waals surface area (Å²) < 4.78 is 37.5. The second-order valence-corrected chi connectivity index (χ2v) is 5.26. The van der Waals surface area contributed by atoms with Crippen molar-refractivity contribution in [1.29, 1.82) is 0 Å². The molecule has 1 nitrogen and oxygen atoms in total. The van der Waals surface area contributed by atoms with Crippen molar-refractivity contribution in [1.82, 2.24) is 5.32 Å². The van der Waals surface area contributed by atoms with E-state index in [2.05, 4.69) is 27.9 Å². The molecule has 1 atom stereocenters. The van der Waals surface area contributed by atoms with Crippen LogP contribution in [-0.2, 0) is 0 Å². The van der Waals surface area contributed by atoms with Crippen LogP contribution in [0.1, 0.15) is 24.4 Å². The summed E-state index contributed by atoms with van der Waals surface area (Å²) in [7, 11) is 1.65. The minimum atomic E-state index is -4.13. The highest BCUT2D eigenvalue weighted by Gasteiger charge is 2.28. The molecule has 1 aromatic carbocycles. The molecular weight excluding hydrogens is 365 g/mol. The van der Waals surface area contributed by atoms with Crippen molar-refractivity contribution in [3.63, 3.8) is 0 Å². The van der Waals surface area contributed by atoms with Gasteiger partial charge in [0.2, 0.25) is 0 Å². The van der Waals surface area contributed by atoms with Crippen LogP contribution in [0.2, 0.25) is 5.02 Å². The first-order chi connectivity index (χ1) is 7.83. The summed E-state index contributed by atoms with van der Waals surface area (Å²) in [6, 6.07) is 4.91. The Labute approximate surface area is 117 Å². The van der Waals surface area contributed by atoms with E-state index in [9.17, 15) is 13.2 Å². The molecule has 0 heterocycles. The largest absolute Gasteiger partial charge is 0.389 e. The van der Waals surface area contributed by atoms with Crippen LogP contribution in [0.25, 0.3) is 0 Å². The van der Waals surface area contributed by atoms with E-state index in [1.807, 2.05) is 0 Å². The molecule has 0 saturated carbocycles. The van der Waals surface area contributed by atoms with E-state index in [0.717, 1.165) is 9.13 Å². The molecule has 1 unspecified atom stereocenters. The van der Waals surface area contributed by atoms with Crippen molar-refractivity contribution >= 4 is 34.2 Å². The molecule has 0 spiro atoms. The fourth-order valence-corrected chi connectivity index (χ4v) is 2.44. The van der Waals surface area contributed by atoms with Crippen LogP contribution in [0.3, 0.4) is 0 Å². The van der Waals surface area contributed by atoms with Crippen molar-refractivity contribution in [2.45, 2.75) is 25.1 Å². The van der Waals surface area contributed by atoms with Gasteiger partial charge in [0, 0.05) is 21.1 Å². The lowest BCUT2D eigenvalue weighted by Gasteiger charge is -2.19. The average Bonchev–Trinajstić information content (AvgIpc) is 2.22. The molecule has 0 amide bonds. The Bertz CT molecular complexity index is 381. The lowest BCUT2D eigenvalue weighted by atomic mass is 10.0. The van der Waals surface area contributed by atoms with Crippen LogP contribution in [0.5, 0.6) is 0 Å². The molecule has 6 heteroatoms. The Morgan fingerprint density at radius 3 is 2.59 bits per heavy atom. The smallest absolute Gasteiger partial charge is 0.313 e. The van der Waals surface area contributed by atoms with Gasteiger partial charge in [-0.15, -0.1) is 0 Å². The summed E-state index contributed by atoms with van der Waals surface area (Å²) >= 11 is 7.95. The van der Waals surface area contributed by atoms with Gasteiger partial charge in [0.05, 0.1) is 0 Å². The summed E-state index contributed by atoms with van der Waals surface area (Å²) in [6.45, 7) is 0. The van der Waals surface area contributed by atoms with Crippen LogP contribution in [-0.4, -0.2) is 13.2 Å². The molecular formula is C11H12ClF3IN. The molecule has 1 N–H and O–H groups in total. The van der Waals surface area contributed by atoms with Crippen molar-refractivity contribution in [2.75, 3.05) is 7.05 Å². The zero-order valence-corrected chi connectivity index (χ0v) is 12.0. The van der Waals surface area contributed by atoms with Crippen LogP contribution >= 0.6 is 34.2 Å². The molecule has 0 aliphatic rings. The fourth-order valence-electron chi connectivity index (χ4n) is 1.54. The number of hydrogen-bond donors (Lipinski definition) is 1. The van der Waals surface area contributed by atoms with Crippen LogP contribution in [0, 0.1) is 3.57 Å². The average molecular weight is 378 g/mol. The molecule has 0 radical (unpaired) electrons. The Balaban J connectivity index is 2.82. The first-order valence-corrected chi connectivity index (χ1v) is 6.48. The minimum Gasteiger partial charge on any atom is -0.313 e. The van der Waals surface area contributed by atoms with Crippen molar-refractivity contribution in [3.8, 4) is 0 Å². The normalized spacial score (nSPS) is 13.8. The molecule has 1 aromatic rings. The second-order valence-electron chi connectivity index (χ2n) is 3.66. The summed E-state index contributed by atoms with van der Waals surface area (Å²) in [5.41, 5.74) is 0.810. The Kier molecular flexibility index (Phi) is 5.53. The fraction of sp³-hybridized carbons (Fsp3) is 0.455. The molecule has 0 aliphatic heterocycles. The molecule has 0 bridgehead atoms. The zero-order chi connectivity index (χ0) is 13.1. The third-order valence-electron chi connectivity index (χ3n) is 2.40. The van der Waals surface area contributed by atoms with Crippen LogP contribution < -0.4 is 5.32 Å². The molecule has 17 heavy (non-hydrogen) atoms. The van der Waals surface area contributed by atoms with E-state index in [1.54, 1.807) is 25.2 Å². The van der Waals surface area contributed by atoms with E-state index in [0.29, 0.717) is 5.02 Å². The van der Waals surface area contributed by atoms with Gasteiger partial charge < -0.3 is 5.32 Å². The predicted octanol–water partition coefficient (Wildman–Crippen LogP) is 4.55. The summed E-state index contributed by atoms with van der Waals surface area (Å²) in [4.78, 5) is 0. The first-order valence-electron chi connectivity index (χ1n) is 5.02. The number of benzene rings is 1. The quantitative estimate of drug-likeness (QED) is 0.759. The summed E-state index contributed by atoms with van der Waals surface area (Å²) in [6.07, 6.45) is -4.92. The standard InChI is InChI=1S/C11H12ClF3IN/c1-17-10(4-5-11(13,14)15)8-6-7(12)2-3-9(8)16/h2-3,6,10,17H,4-5H2,1H3. The van der Waals surface area contributed by atoms with Gasteiger partial charge in [-0.3, -0.25) is 0 Å². The minimum absolute atomic E-state index is 0.0103. The van der Waals surface area contributed by atoms with E-state index in [1.165, 1.54) is 0 Å². The maximum atomic E-state index is 12.2. The van der Waals surface area contributed by atoms with Gasteiger partial charge in [0.25, 0.3) is 0 Å². The summed E-state index contributed by atoms with van der Waals surface area (Å²) in [5.74, 6) is 0. The Morgan fingerprint density at radius 2 is 2.06 bits per heavy atom. The molecule has 1 rings (SSSR count). The monoisotopic (exact) mass is 377 g/mol. The highest BCUT2D eigenvalue weighted by Crippen LogP contribution is 2.30. The van der Waals surface area contributed by atoms with E-state index >= 15 is 0 Å². The van der Waals surface area contributed by atoms with Gasteiger partial charge in [0.1, 0.15) is 0 Å². The van der Waals surface area contributed by atoms with Gasteiger partial charge in [-0.1, -0.05) is 11.6 Å². The van der Waals surface area contributed by atoms with E-state index in [4.69, 9.17) is 11.6 Å². The Hall–Kier alpha value is -0.0100. The lowest BCUT2D eigenvalue weighted by Crippen LogP contribution is -2.20. The third kappa shape index (κ3) is 5.01. The third-order valence-corrected chi connectivity index (χ3v) is 3.62. The van der Waals surface area contributed by atoms with Crippen molar-refractivity contribution in [2.24, 2.45) is 0 Å². The van der Waals surface area contributed by atoms with Crippen LogP contribution in [0.4, 0.5) is 13.2 Å². The SMILES string of the molecule is CNC(CCC(F)(F)F)c1cc(Cl)ccc1I. The maximum absolute atomic E-state index is 12.2. The highest BCUT2D eigenvalue weighted by molar-refractivity contribution is 14.1. The van der Waals surface area contributed by atoms with Gasteiger partial charge in [-0.2, -0.15) is 13.2 Å². The lowest BCUT2D eigenvalue weighted by molar-refractivity contribution is -0.136. The van der Waals surface area contributed by atoms with Gasteiger partial charge in [-0.05, 0) is 59.8 Å².